The first kappa shape index (κ1) is 10.5. The van der Waals surface area contributed by atoms with Gasteiger partial charge in [-0.2, -0.15) is 5.26 Å². The lowest BCUT2D eigenvalue weighted by Gasteiger charge is -2.06. The number of unbranched alkanes of at least 4 members (excludes halogenated alkanes) is 1. The van der Waals surface area contributed by atoms with Gasteiger partial charge in [-0.3, -0.25) is 0 Å². The maximum absolute atomic E-state index is 10.1. The van der Waals surface area contributed by atoms with E-state index < -0.39 is 0 Å². The molecule has 2 rings (SSSR count). The molecule has 2 nitrogen and oxygen atoms in total. The van der Waals surface area contributed by atoms with Crippen LogP contribution in [0.2, 0.25) is 0 Å². The maximum atomic E-state index is 10.1. The van der Waals surface area contributed by atoms with E-state index in [1.54, 1.807) is 0 Å². The van der Waals surface area contributed by atoms with Gasteiger partial charge in [0.15, 0.2) is 0 Å². The number of fused-ring (bicyclic) bond motifs is 1. The number of hydrogen-bond donors (Lipinski definition) is 1. The van der Waals surface area contributed by atoms with Gasteiger partial charge in [-0.25, -0.2) is 0 Å². The number of phenolic OH excluding ortho intramolecular Hbond substituents is 1. The van der Waals surface area contributed by atoms with Crippen LogP contribution >= 0.6 is 0 Å². The molecule has 2 aromatic carbocycles. The molecule has 0 heterocycles. The zero-order chi connectivity index (χ0) is 11.4. The first-order chi connectivity index (χ1) is 7.83. The van der Waals surface area contributed by atoms with Gasteiger partial charge in [0, 0.05) is 11.8 Å². The molecule has 0 radical (unpaired) electrons. The van der Waals surface area contributed by atoms with Crippen molar-refractivity contribution in [3.63, 3.8) is 0 Å². The van der Waals surface area contributed by atoms with Crippen molar-refractivity contribution in [2.24, 2.45) is 0 Å². The zero-order valence-electron chi connectivity index (χ0n) is 8.98. The van der Waals surface area contributed by atoms with E-state index in [4.69, 9.17) is 5.26 Å². The minimum Gasteiger partial charge on any atom is -0.507 e. The van der Waals surface area contributed by atoms with Gasteiger partial charge in [0.2, 0.25) is 0 Å². The summed E-state index contributed by atoms with van der Waals surface area (Å²) in [5, 5.41) is 20.5. The molecule has 16 heavy (non-hydrogen) atoms. The highest BCUT2D eigenvalue weighted by Gasteiger charge is 2.05. The second kappa shape index (κ2) is 4.67. The van der Waals surface area contributed by atoms with Crippen molar-refractivity contribution >= 4 is 10.8 Å². The number of aromatic hydroxyl groups is 1. The van der Waals surface area contributed by atoms with Crippen molar-refractivity contribution in [1.29, 1.82) is 5.26 Å². The summed E-state index contributed by atoms with van der Waals surface area (Å²) >= 11 is 0. The fraction of sp³-hybridized carbons (Fsp3) is 0.214. The highest BCUT2D eigenvalue weighted by Crippen LogP contribution is 2.29. The fourth-order valence-corrected chi connectivity index (χ4v) is 1.86. The van der Waals surface area contributed by atoms with Gasteiger partial charge in [0.05, 0.1) is 6.07 Å². The lowest BCUT2D eigenvalue weighted by atomic mass is 10.0. The third kappa shape index (κ3) is 1.99. The summed E-state index contributed by atoms with van der Waals surface area (Å²) < 4.78 is 0. The third-order valence-electron chi connectivity index (χ3n) is 2.72. The van der Waals surface area contributed by atoms with Crippen LogP contribution in [0.25, 0.3) is 10.8 Å². The fourth-order valence-electron chi connectivity index (χ4n) is 1.86. The minimum absolute atomic E-state index is 0.357. The van der Waals surface area contributed by atoms with Crippen LogP contribution in [0.5, 0.6) is 5.75 Å². The predicted octanol–water partition coefficient (Wildman–Crippen LogP) is 3.39. The Morgan fingerprint density at radius 2 is 1.94 bits per heavy atom. The van der Waals surface area contributed by atoms with Crippen LogP contribution in [0.4, 0.5) is 0 Å². The standard InChI is InChI=1S/C14H13NO/c15-10-4-3-6-12-9-8-11-5-1-2-7-13(11)14(12)16/h1-2,5,7-9,16H,3-4,6H2. The van der Waals surface area contributed by atoms with Crippen molar-refractivity contribution in [2.45, 2.75) is 19.3 Å². The van der Waals surface area contributed by atoms with Gasteiger partial charge in [0.25, 0.3) is 0 Å². The minimum atomic E-state index is 0.357. The summed E-state index contributed by atoms with van der Waals surface area (Å²) in [6, 6.07) is 13.8. The lowest BCUT2D eigenvalue weighted by Crippen LogP contribution is -1.87. The van der Waals surface area contributed by atoms with E-state index in [9.17, 15) is 5.11 Å². The van der Waals surface area contributed by atoms with Crippen LogP contribution in [0, 0.1) is 11.3 Å². The van der Waals surface area contributed by atoms with Crippen LogP contribution in [0.3, 0.4) is 0 Å². The molecule has 80 valence electrons. The molecule has 0 atom stereocenters. The summed E-state index contributed by atoms with van der Waals surface area (Å²) in [5.74, 6) is 0.357. The average Bonchev–Trinajstić information content (AvgIpc) is 2.33. The molecule has 1 N–H and O–H groups in total. The summed E-state index contributed by atoms with van der Waals surface area (Å²) in [4.78, 5) is 0. The van der Waals surface area contributed by atoms with Gasteiger partial charge < -0.3 is 5.11 Å². The van der Waals surface area contributed by atoms with Crippen molar-refractivity contribution in [2.75, 3.05) is 0 Å². The van der Waals surface area contributed by atoms with Crippen molar-refractivity contribution in [3.8, 4) is 11.8 Å². The van der Waals surface area contributed by atoms with Crippen LogP contribution in [0.1, 0.15) is 18.4 Å². The van der Waals surface area contributed by atoms with Crippen LogP contribution < -0.4 is 0 Å². The van der Waals surface area contributed by atoms with E-state index in [2.05, 4.69) is 6.07 Å². The summed E-state index contributed by atoms with van der Waals surface area (Å²) in [6.07, 6.45) is 2.08. The average molecular weight is 211 g/mol. The molecule has 0 aliphatic rings. The molecule has 0 aliphatic heterocycles. The quantitative estimate of drug-likeness (QED) is 0.791. The van der Waals surface area contributed by atoms with Crippen molar-refractivity contribution in [1.82, 2.24) is 0 Å². The van der Waals surface area contributed by atoms with Gasteiger partial charge in [-0.1, -0.05) is 36.4 Å². The third-order valence-corrected chi connectivity index (χ3v) is 2.72. The number of phenols is 1. The zero-order valence-corrected chi connectivity index (χ0v) is 8.98. The van der Waals surface area contributed by atoms with E-state index in [0.29, 0.717) is 12.2 Å². The normalized spacial score (nSPS) is 10.2. The Hall–Kier alpha value is -2.01. The molecule has 0 spiro atoms. The van der Waals surface area contributed by atoms with E-state index >= 15 is 0 Å². The first-order valence-corrected chi connectivity index (χ1v) is 5.39. The molecule has 0 bridgehead atoms. The van der Waals surface area contributed by atoms with Crippen LogP contribution in [-0.4, -0.2) is 5.11 Å². The monoisotopic (exact) mass is 211 g/mol. The Labute approximate surface area is 94.8 Å². The number of rotatable bonds is 3. The molecular weight excluding hydrogens is 198 g/mol. The largest absolute Gasteiger partial charge is 0.507 e. The second-order valence-electron chi connectivity index (χ2n) is 3.81. The number of nitrogens with zero attached hydrogens (tertiary/aromatic N) is 1. The number of aryl methyl sites for hydroxylation is 1. The number of hydrogen-bond acceptors (Lipinski definition) is 2. The molecular formula is C14H13NO. The molecule has 0 aromatic heterocycles. The summed E-state index contributed by atoms with van der Waals surface area (Å²) in [6.45, 7) is 0. The van der Waals surface area contributed by atoms with Gasteiger partial charge in [0.1, 0.15) is 5.75 Å². The molecule has 0 unspecified atom stereocenters. The van der Waals surface area contributed by atoms with Crippen molar-refractivity contribution < 1.29 is 5.11 Å². The Bertz CT molecular complexity index is 540. The topological polar surface area (TPSA) is 44.0 Å². The van der Waals surface area contributed by atoms with Gasteiger partial charge >= 0.3 is 0 Å². The maximum Gasteiger partial charge on any atom is 0.126 e. The first-order valence-electron chi connectivity index (χ1n) is 5.39. The summed E-state index contributed by atoms with van der Waals surface area (Å²) in [7, 11) is 0. The van der Waals surface area contributed by atoms with E-state index in [1.165, 1.54) is 0 Å². The van der Waals surface area contributed by atoms with E-state index in [0.717, 1.165) is 29.2 Å². The Balaban J connectivity index is 2.34. The molecule has 0 aliphatic carbocycles. The van der Waals surface area contributed by atoms with E-state index in [-0.39, 0.29) is 0 Å². The Kier molecular flexibility index (Phi) is 3.07. The number of benzene rings is 2. The predicted molar refractivity (Wildman–Crippen MR) is 64.2 cm³/mol. The highest BCUT2D eigenvalue weighted by molar-refractivity contribution is 5.89. The smallest absolute Gasteiger partial charge is 0.126 e. The molecule has 0 amide bonds. The molecule has 2 heteroatoms. The van der Waals surface area contributed by atoms with Crippen LogP contribution in [-0.2, 0) is 6.42 Å². The van der Waals surface area contributed by atoms with Crippen molar-refractivity contribution in [3.05, 3.63) is 42.0 Å². The Morgan fingerprint density at radius 3 is 2.75 bits per heavy atom. The molecule has 2 aromatic rings. The molecule has 0 saturated heterocycles. The molecule has 0 fully saturated rings. The summed E-state index contributed by atoms with van der Waals surface area (Å²) in [5.41, 5.74) is 0.925. The second-order valence-corrected chi connectivity index (χ2v) is 3.81. The van der Waals surface area contributed by atoms with Crippen LogP contribution in [0.15, 0.2) is 36.4 Å². The number of nitriles is 1. The highest BCUT2D eigenvalue weighted by atomic mass is 16.3. The SMILES string of the molecule is N#CCCCc1ccc2ccccc2c1O. The van der Waals surface area contributed by atoms with E-state index in [1.807, 2.05) is 36.4 Å². The lowest BCUT2D eigenvalue weighted by molar-refractivity contribution is 0.473. The van der Waals surface area contributed by atoms with Gasteiger partial charge in [-0.05, 0) is 23.8 Å². The Morgan fingerprint density at radius 1 is 1.12 bits per heavy atom. The molecule has 0 saturated carbocycles. The van der Waals surface area contributed by atoms with Gasteiger partial charge in [-0.15, -0.1) is 0 Å².